The van der Waals surface area contributed by atoms with Gasteiger partial charge in [0, 0.05) is 5.39 Å². The van der Waals surface area contributed by atoms with E-state index < -0.39 is 12.1 Å². The predicted molar refractivity (Wildman–Crippen MR) is 123 cm³/mol. The predicted octanol–water partition coefficient (Wildman–Crippen LogP) is 4.55. The summed E-state index contributed by atoms with van der Waals surface area (Å²) in [4.78, 5) is 14.5. The number of nitriles is 1. The Morgan fingerprint density at radius 3 is 2.65 bits per heavy atom. The van der Waals surface area contributed by atoms with Crippen LogP contribution in [0, 0.1) is 11.3 Å². The third kappa shape index (κ3) is 3.66. The number of amides is 1. The average molecular weight is 432 g/mol. The molecule has 7 heteroatoms. The monoisotopic (exact) mass is 431 g/mol. The summed E-state index contributed by atoms with van der Waals surface area (Å²) in [5, 5.41) is 14.8. The van der Waals surface area contributed by atoms with Crippen LogP contribution < -0.4 is 19.7 Å². The second kappa shape index (κ2) is 8.62. The van der Waals surface area contributed by atoms with E-state index in [0.717, 1.165) is 22.0 Å². The van der Waals surface area contributed by atoms with Gasteiger partial charge >= 0.3 is 0 Å². The van der Waals surface area contributed by atoms with Crippen molar-refractivity contribution in [2.45, 2.75) is 13.1 Å². The number of nitrogens with zero attached hydrogens (tertiary/aromatic N) is 2. The van der Waals surface area contributed by atoms with Crippen molar-refractivity contribution in [2.75, 3.05) is 18.6 Å². The second-order valence-corrected chi connectivity index (χ2v) is 7.32. The highest BCUT2D eigenvalue weighted by molar-refractivity contribution is 7.84. The van der Waals surface area contributed by atoms with E-state index >= 15 is 0 Å². The Kier molecular flexibility index (Phi) is 5.74. The van der Waals surface area contributed by atoms with E-state index in [4.69, 9.17) is 9.47 Å². The average Bonchev–Trinajstić information content (AvgIpc) is 2.79. The molecule has 0 aromatic heterocycles. The zero-order valence-corrected chi connectivity index (χ0v) is 18.0. The van der Waals surface area contributed by atoms with Gasteiger partial charge in [-0.05, 0) is 36.1 Å². The largest absolute Gasteiger partial charge is 0.493 e. The van der Waals surface area contributed by atoms with Crippen molar-refractivity contribution >= 4 is 35.0 Å². The first kappa shape index (κ1) is 20.6. The zero-order chi connectivity index (χ0) is 22.0. The van der Waals surface area contributed by atoms with Crippen molar-refractivity contribution < 1.29 is 14.3 Å². The number of methoxy groups -OCH3 is 1. The molecule has 1 N–H and O–H groups in total. The number of benzene rings is 3. The molecule has 3 aromatic rings. The molecule has 1 aliphatic rings. The van der Waals surface area contributed by atoms with Crippen molar-refractivity contribution in [1.29, 1.82) is 5.26 Å². The van der Waals surface area contributed by atoms with Crippen LogP contribution in [0.15, 0.2) is 71.3 Å². The fraction of sp³-hybridized carbons (Fsp3) is 0.167. The SMILES string of the molecule is CCOc1ccc(C2NC(=O)C(C#N)=C(S)N2c2cccc3ccccc23)cc1OC. The Balaban J connectivity index is 1.92. The van der Waals surface area contributed by atoms with Crippen molar-refractivity contribution in [3.8, 4) is 17.6 Å². The Hall–Kier alpha value is -3.63. The van der Waals surface area contributed by atoms with Crippen LogP contribution >= 0.6 is 12.6 Å². The Morgan fingerprint density at radius 1 is 1.13 bits per heavy atom. The molecular weight excluding hydrogens is 410 g/mol. The molecule has 1 aliphatic heterocycles. The van der Waals surface area contributed by atoms with Crippen molar-refractivity contribution in [3.05, 3.63) is 76.8 Å². The molecule has 0 bridgehead atoms. The lowest BCUT2D eigenvalue weighted by atomic mass is 10.0. The lowest BCUT2D eigenvalue weighted by Crippen LogP contribution is -2.46. The molecule has 6 nitrogen and oxygen atoms in total. The van der Waals surface area contributed by atoms with Crippen LogP contribution in [0.25, 0.3) is 10.8 Å². The van der Waals surface area contributed by atoms with Crippen LogP contribution in [0.4, 0.5) is 5.69 Å². The van der Waals surface area contributed by atoms with E-state index in [-0.39, 0.29) is 5.57 Å². The van der Waals surface area contributed by atoms with Gasteiger partial charge in [-0.25, -0.2) is 0 Å². The van der Waals surface area contributed by atoms with Gasteiger partial charge in [-0.3, -0.25) is 4.79 Å². The van der Waals surface area contributed by atoms with Crippen LogP contribution in [-0.4, -0.2) is 19.6 Å². The molecule has 1 atom stereocenters. The summed E-state index contributed by atoms with van der Waals surface area (Å²) in [6.45, 7) is 2.41. The molecule has 4 rings (SSSR count). The highest BCUT2D eigenvalue weighted by atomic mass is 32.1. The van der Waals surface area contributed by atoms with E-state index in [9.17, 15) is 10.1 Å². The first-order valence-corrected chi connectivity index (χ1v) is 10.3. The van der Waals surface area contributed by atoms with Crippen LogP contribution in [-0.2, 0) is 4.79 Å². The lowest BCUT2D eigenvalue weighted by molar-refractivity contribution is -0.118. The fourth-order valence-electron chi connectivity index (χ4n) is 3.74. The molecule has 3 aromatic carbocycles. The molecule has 1 heterocycles. The molecule has 0 aliphatic carbocycles. The van der Waals surface area contributed by atoms with Crippen LogP contribution in [0.2, 0.25) is 0 Å². The van der Waals surface area contributed by atoms with E-state index in [0.29, 0.717) is 23.1 Å². The van der Waals surface area contributed by atoms with E-state index in [2.05, 4.69) is 17.9 Å². The summed E-state index contributed by atoms with van der Waals surface area (Å²) < 4.78 is 11.1. The highest BCUT2D eigenvalue weighted by Gasteiger charge is 2.35. The van der Waals surface area contributed by atoms with Crippen LogP contribution in [0.5, 0.6) is 11.5 Å². The quantitative estimate of drug-likeness (QED) is 0.580. The van der Waals surface area contributed by atoms with Gasteiger partial charge in [-0.2, -0.15) is 5.26 Å². The van der Waals surface area contributed by atoms with Gasteiger partial charge in [0.1, 0.15) is 17.8 Å². The van der Waals surface area contributed by atoms with Gasteiger partial charge in [0.2, 0.25) is 0 Å². The third-order valence-electron chi connectivity index (χ3n) is 5.15. The maximum atomic E-state index is 12.7. The van der Waals surface area contributed by atoms with E-state index in [1.54, 1.807) is 7.11 Å². The number of thiol groups is 1. The molecule has 0 saturated heterocycles. The summed E-state index contributed by atoms with van der Waals surface area (Å²) in [5.74, 6) is 0.705. The summed E-state index contributed by atoms with van der Waals surface area (Å²) in [6.07, 6.45) is -0.590. The highest BCUT2D eigenvalue weighted by Crippen LogP contribution is 2.41. The number of hydrogen-bond acceptors (Lipinski definition) is 6. The van der Waals surface area contributed by atoms with Gasteiger partial charge in [0.15, 0.2) is 11.5 Å². The van der Waals surface area contributed by atoms with E-state index in [1.165, 1.54) is 0 Å². The van der Waals surface area contributed by atoms with Gasteiger partial charge in [0.05, 0.1) is 24.4 Å². The molecule has 0 saturated carbocycles. The van der Waals surface area contributed by atoms with Crippen molar-refractivity contribution in [3.63, 3.8) is 0 Å². The van der Waals surface area contributed by atoms with Crippen molar-refractivity contribution in [2.24, 2.45) is 0 Å². The number of rotatable bonds is 5. The van der Waals surface area contributed by atoms with Crippen molar-refractivity contribution in [1.82, 2.24) is 5.32 Å². The number of fused-ring (bicyclic) bond motifs is 1. The number of anilines is 1. The van der Waals surface area contributed by atoms with Gasteiger partial charge in [-0.1, -0.05) is 42.5 Å². The minimum Gasteiger partial charge on any atom is -0.493 e. The molecule has 1 unspecified atom stereocenters. The zero-order valence-electron chi connectivity index (χ0n) is 17.1. The molecule has 0 fully saturated rings. The summed E-state index contributed by atoms with van der Waals surface area (Å²) in [6, 6.07) is 21.3. The number of nitrogens with one attached hydrogen (secondary N) is 1. The third-order valence-corrected chi connectivity index (χ3v) is 5.59. The Morgan fingerprint density at radius 2 is 1.90 bits per heavy atom. The molecule has 1 amide bonds. The molecule has 31 heavy (non-hydrogen) atoms. The molecule has 0 radical (unpaired) electrons. The van der Waals surface area contributed by atoms with Gasteiger partial charge in [-0.15, -0.1) is 12.6 Å². The number of carbonyl (C=O) groups excluding carboxylic acids is 1. The fourth-order valence-corrected chi connectivity index (χ4v) is 4.11. The Labute approximate surface area is 186 Å². The summed E-state index contributed by atoms with van der Waals surface area (Å²) >= 11 is 4.61. The van der Waals surface area contributed by atoms with Gasteiger partial charge < -0.3 is 19.7 Å². The number of ether oxygens (including phenoxy) is 2. The normalized spacial score (nSPS) is 16.1. The van der Waals surface area contributed by atoms with Gasteiger partial charge in [0.25, 0.3) is 5.91 Å². The molecule has 0 spiro atoms. The van der Waals surface area contributed by atoms with E-state index in [1.807, 2.05) is 78.6 Å². The summed E-state index contributed by atoms with van der Waals surface area (Å²) in [7, 11) is 1.57. The van der Waals surface area contributed by atoms with Crippen LogP contribution in [0.3, 0.4) is 0 Å². The maximum absolute atomic E-state index is 12.7. The standard InChI is InChI=1S/C24H21N3O3S/c1-3-30-20-12-11-16(13-21(20)29-2)22-26-23(28)18(14-25)24(31)27(22)19-10-6-8-15-7-4-5-9-17(15)19/h4-13,22,31H,3H2,1-2H3,(H,26,28). The second-order valence-electron chi connectivity index (χ2n) is 6.90. The first-order chi connectivity index (χ1) is 15.1. The minimum atomic E-state index is -0.590. The maximum Gasteiger partial charge on any atom is 0.266 e. The summed E-state index contributed by atoms with van der Waals surface area (Å²) in [5.41, 5.74) is 1.56. The Bertz CT molecular complexity index is 1230. The molecule has 156 valence electrons. The number of hydrogen-bond donors (Lipinski definition) is 2. The number of carbonyl (C=O) groups is 1. The van der Waals surface area contributed by atoms with Crippen LogP contribution in [0.1, 0.15) is 18.7 Å². The first-order valence-electron chi connectivity index (χ1n) is 9.81. The minimum absolute atomic E-state index is 0.0366. The lowest BCUT2D eigenvalue weighted by Gasteiger charge is -2.38. The smallest absolute Gasteiger partial charge is 0.266 e. The topological polar surface area (TPSA) is 74.6 Å². The molecular formula is C24H21N3O3S.